The third-order valence-electron chi connectivity index (χ3n) is 9.48. The van der Waals surface area contributed by atoms with E-state index in [2.05, 4.69) is 5.32 Å². The zero-order valence-corrected chi connectivity index (χ0v) is 24.9. The van der Waals surface area contributed by atoms with Gasteiger partial charge in [-0.05, 0) is 92.8 Å². The number of nitrogens with one attached hydrogen (secondary N) is 1. The number of piperidine rings is 1. The van der Waals surface area contributed by atoms with Gasteiger partial charge in [0.15, 0.2) is 0 Å². The smallest absolute Gasteiger partial charge is 0.257 e. The van der Waals surface area contributed by atoms with Crippen molar-refractivity contribution in [3.63, 3.8) is 0 Å². The summed E-state index contributed by atoms with van der Waals surface area (Å²) in [5.41, 5.74) is 2.45. The fourth-order valence-corrected chi connectivity index (χ4v) is 7.36. The SMILES string of the molecule is C[C@@H]1Cc2cc(OCc3ccccc3)ccc2C(c2c(F)cc(OC3CCC4(CCNCC4)C3)cc2F)N1CC(C)(F)F. The van der Waals surface area contributed by atoms with E-state index in [-0.39, 0.29) is 28.9 Å². The second-order valence-corrected chi connectivity index (χ2v) is 12.9. The van der Waals surface area contributed by atoms with Gasteiger partial charge in [-0.2, -0.15) is 0 Å². The fourth-order valence-electron chi connectivity index (χ4n) is 7.36. The quantitative estimate of drug-likeness (QED) is 0.269. The van der Waals surface area contributed by atoms with Crippen molar-refractivity contribution in [2.45, 2.75) is 83.1 Å². The van der Waals surface area contributed by atoms with Crippen LogP contribution in [-0.4, -0.2) is 42.6 Å². The molecule has 3 aliphatic rings. The summed E-state index contributed by atoms with van der Waals surface area (Å²) >= 11 is 0. The van der Waals surface area contributed by atoms with Gasteiger partial charge < -0.3 is 14.8 Å². The molecule has 1 saturated carbocycles. The summed E-state index contributed by atoms with van der Waals surface area (Å²) in [6, 6.07) is 16.2. The van der Waals surface area contributed by atoms with E-state index in [9.17, 15) is 8.78 Å². The van der Waals surface area contributed by atoms with E-state index in [1.807, 2.05) is 43.3 Å². The van der Waals surface area contributed by atoms with Crippen LogP contribution in [0.15, 0.2) is 60.7 Å². The molecule has 6 rings (SSSR count). The first-order valence-corrected chi connectivity index (χ1v) is 15.4. The van der Waals surface area contributed by atoms with Gasteiger partial charge in [-0.3, -0.25) is 4.90 Å². The van der Waals surface area contributed by atoms with Crippen molar-refractivity contribution in [1.29, 1.82) is 0 Å². The van der Waals surface area contributed by atoms with Gasteiger partial charge in [0.25, 0.3) is 5.92 Å². The Morgan fingerprint density at radius 2 is 1.67 bits per heavy atom. The van der Waals surface area contributed by atoms with Crippen molar-refractivity contribution in [1.82, 2.24) is 10.2 Å². The van der Waals surface area contributed by atoms with Gasteiger partial charge in [-0.1, -0.05) is 36.4 Å². The van der Waals surface area contributed by atoms with E-state index >= 15 is 8.78 Å². The average molecular weight is 597 g/mol. The second kappa shape index (κ2) is 12.1. The molecular weight excluding hydrogens is 556 g/mol. The Balaban J connectivity index is 1.28. The van der Waals surface area contributed by atoms with Crippen LogP contribution in [0.25, 0.3) is 0 Å². The maximum atomic E-state index is 16.0. The standard InChI is InChI=1S/C35H40F4N2O2/c1-23-16-25-17-26(42-21-24-6-4-3-5-7-24)8-9-29(25)33(41(23)22-34(2,38)39)32-30(36)18-28(19-31(32)37)43-27-10-11-35(20-27)12-14-40-15-13-35/h3-9,17-19,23,27,33,40H,10-16,20-22H2,1-2H3/t23-,27?,33?/m1/s1. The number of hydrogen-bond acceptors (Lipinski definition) is 4. The van der Waals surface area contributed by atoms with Gasteiger partial charge in [-0.15, -0.1) is 0 Å². The molecule has 0 amide bonds. The van der Waals surface area contributed by atoms with Crippen LogP contribution in [0, 0.1) is 17.0 Å². The first-order valence-electron chi connectivity index (χ1n) is 15.4. The number of rotatable bonds is 8. The van der Waals surface area contributed by atoms with Crippen molar-refractivity contribution in [3.05, 3.63) is 94.6 Å². The van der Waals surface area contributed by atoms with Gasteiger partial charge in [0, 0.05) is 30.7 Å². The van der Waals surface area contributed by atoms with Gasteiger partial charge >= 0.3 is 0 Å². The molecule has 2 unspecified atom stereocenters. The minimum absolute atomic E-state index is 0.0947. The number of halogens is 4. The van der Waals surface area contributed by atoms with E-state index in [4.69, 9.17) is 9.47 Å². The van der Waals surface area contributed by atoms with Crippen LogP contribution in [0.2, 0.25) is 0 Å². The van der Waals surface area contributed by atoms with Gasteiger partial charge in [-0.25, -0.2) is 17.6 Å². The first-order chi connectivity index (χ1) is 20.6. The lowest BCUT2D eigenvalue weighted by Gasteiger charge is -2.43. The van der Waals surface area contributed by atoms with Gasteiger partial charge in [0.2, 0.25) is 0 Å². The summed E-state index contributed by atoms with van der Waals surface area (Å²) in [7, 11) is 0. The normalized spacial score (nSPS) is 23.7. The maximum Gasteiger partial charge on any atom is 0.257 e. The Morgan fingerprint density at radius 1 is 0.953 bits per heavy atom. The van der Waals surface area contributed by atoms with E-state index < -0.39 is 30.1 Å². The average Bonchev–Trinajstić information content (AvgIpc) is 3.34. The maximum absolute atomic E-state index is 16.0. The fraction of sp³-hybridized carbons (Fsp3) is 0.486. The number of benzene rings is 3. The molecule has 3 atom stereocenters. The molecule has 1 saturated heterocycles. The minimum atomic E-state index is -3.05. The highest BCUT2D eigenvalue weighted by Crippen LogP contribution is 2.47. The monoisotopic (exact) mass is 596 g/mol. The Kier molecular flexibility index (Phi) is 8.44. The van der Waals surface area contributed by atoms with Crippen molar-refractivity contribution in [3.8, 4) is 11.5 Å². The zero-order chi connectivity index (χ0) is 30.2. The molecule has 0 aromatic heterocycles. The lowest BCUT2D eigenvalue weighted by Crippen LogP contribution is -2.48. The highest BCUT2D eigenvalue weighted by molar-refractivity contribution is 5.46. The topological polar surface area (TPSA) is 33.7 Å². The highest BCUT2D eigenvalue weighted by Gasteiger charge is 2.42. The van der Waals surface area contributed by atoms with Crippen LogP contribution in [-0.2, 0) is 13.0 Å². The zero-order valence-electron chi connectivity index (χ0n) is 24.9. The molecule has 2 heterocycles. The van der Waals surface area contributed by atoms with E-state index in [1.165, 1.54) is 17.0 Å². The van der Waals surface area contributed by atoms with Crippen LogP contribution >= 0.6 is 0 Å². The Hall–Kier alpha value is -3.10. The Labute approximate surface area is 251 Å². The number of alkyl halides is 2. The summed E-state index contributed by atoms with van der Waals surface area (Å²) in [6.45, 7) is 4.38. The number of ether oxygens (including phenoxy) is 2. The van der Waals surface area contributed by atoms with Crippen molar-refractivity contribution in [2.75, 3.05) is 19.6 Å². The summed E-state index contributed by atoms with van der Waals surface area (Å²) in [5, 5.41) is 3.40. The lowest BCUT2D eigenvalue weighted by atomic mass is 9.77. The van der Waals surface area contributed by atoms with Crippen LogP contribution in [0.5, 0.6) is 11.5 Å². The molecular formula is C35H40F4N2O2. The van der Waals surface area contributed by atoms with E-state index in [0.717, 1.165) is 63.2 Å². The molecule has 0 radical (unpaired) electrons. The summed E-state index contributed by atoms with van der Waals surface area (Å²) in [5.74, 6) is -3.86. The minimum Gasteiger partial charge on any atom is -0.490 e. The predicted molar refractivity (Wildman–Crippen MR) is 159 cm³/mol. The molecule has 2 fully saturated rings. The molecule has 4 nitrogen and oxygen atoms in total. The predicted octanol–water partition coefficient (Wildman–Crippen LogP) is 7.84. The van der Waals surface area contributed by atoms with Crippen LogP contribution in [0.4, 0.5) is 17.6 Å². The summed E-state index contributed by atoms with van der Waals surface area (Å²) in [4.78, 5) is 1.52. The third kappa shape index (κ3) is 6.70. The number of hydrogen-bond donors (Lipinski definition) is 1. The molecule has 3 aromatic rings. The first kappa shape index (κ1) is 29.9. The van der Waals surface area contributed by atoms with Gasteiger partial charge in [0.1, 0.15) is 29.7 Å². The molecule has 43 heavy (non-hydrogen) atoms. The summed E-state index contributed by atoms with van der Waals surface area (Å²) in [6.07, 6.45) is 5.32. The highest BCUT2D eigenvalue weighted by atomic mass is 19.3. The van der Waals surface area contributed by atoms with Crippen LogP contribution in [0.1, 0.15) is 74.2 Å². The lowest BCUT2D eigenvalue weighted by molar-refractivity contribution is -0.0371. The molecule has 0 bridgehead atoms. The molecule has 3 aromatic carbocycles. The molecule has 1 N–H and O–H groups in total. The second-order valence-electron chi connectivity index (χ2n) is 12.9. The van der Waals surface area contributed by atoms with Crippen molar-refractivity contribution < 1.29 is 27.0 Å². The molecule has 1 spiro atoms. The van der Waals surface area contributed by atoms with Gasteiger partial charge in [0.05, 0.1) is 18.7 Å². The molecule has 8 heteroatoms. The van der Waals surface area contributed by atoms with E-state index in [1.54, 1.807) is 12.1 Å². The van der Waals surface area contributed by atoms with Crippen molar-refractivity contribution in [2.24, 2.45) is 5.41 Å². The van der Waals surface area contributed by atoms with Crippen molar-refractivity contribution >= 4 is 0 Å². The Morgan fingerprint density at radius 3 is 2.37 bits per heavy atom. The van der Waals surface area contributed by atoms with Crippen LogP contribution in [0.3, 0.4) is 0 Å². The molecule has 1 aliphatic carbocycles. The Bertz CT molecular complexity index is 1400. The molecule has 230 valence electrons. The van der Waals surface area contributed by atoms with E-state index in [0.29, 0.717) is 24.3 Å². The third-order valence-corrected chi connectivity index (χ3v) is 9.48. The largest absolute Gasteiger partial charge is 0.490 e. The summed E-state index contributed by atoms with van der Waals surface area (Å²) < 4.78 is 73.0. The number of fused-ring (bicyclic) bond motifs is 1. The number of nitrogens with zero attached hydrogens (tertiary/aromatic N) is 1. The molecule has 2 aliphatic heterocycles. The van der Waals surface area contributed by atoms with Crippen LogP contribution < -0.4 is 14.8 Å².